The predicted octanol–water partition coefficient (Wildman–Crippen LogP) is 4.37. The summed E-state index contributed by atoms with van der Waals surface area (Å²) in [5.41, 5.74) is 1.75. The van der Waals surface area contributed by atoms with Crippen LogP contribution in [0.4, 0.5) is 18.9 Å². The molecule has 0 radical (unpaired) electrons. The topological polar surface area (TPSA) is 50.9 Å². The Balaban J connectivity index is 2.95. The van der Waals surface area contributed by atoms with Crippen molar-refractivity contribution in [3.8, 4) is 0 Å². The number of halogens is 5. The molecule has 1 aromatic carbocycles. The first-order valence-electron chi connectivity index (χ1n) is 5.09. The Kier molecular flexibility index (Phi) is 3.76. The van der Waals surface area contributed by atoms with Gasteiger partial charge < -0.3 is 5.43 Å². The minimum Gasteiger partial charge on any atom is -0.323 e. The summed E-state index contributed by atoms with van der Waals surface area (Å²) in [5, 5.41) is 0.509. The van der Waals surface area contributed by atoms with Crippen molar-refractivity contribution in [1.82, 2.24) is 4.98 Å². The van der Waals surface area contributed by atoms with E-state index < -0.39 is 11.9 Å². The van der Waals surface area contributed by atoms with Crippen molar-refractivity contribution in [3.63, 3.8) is 0 Å². The number of hydrazine groups is 1. The maximum Gasteiger partial charge on any atom is 0.433 e. The number of nitrogens with one attached hydrogen (secondary N) is 1. The van der Waals surface area contributed by atoms with Crippen molar-refractivity contribution in [2.24, 2.45) is 5.84 Å². The molecule has 0 unspecified atom stereocenters. The Bertz CT molecular complexity index is 656. The van der Waals surface area contributed by atoms with Gasteiger partial charge in [-0.15, -0.1) is 0 Å². The molecule has 1 aromatic heterocycles. The summed E-state index contributed by atoms with van der Waals surface area (Å²) in [4.78, 5) is 3.71. The molecule has 0 bridgehead atoms. The first kappa shape index (κ1) is 14.5. The average Bonchev–Trinajstić information content (AvgIpc) is 2.26. The molecule has 1 heterocycles. The summed E-state index contributed by atoms with van der Waals surface area (Å²) < 4.78 is 40.0. The van der Waals surface area contributed by atoms with Gasteiger partial charge in [0, 0.05) is 19.9 Å². The number of rotatable bonds is 1. The molecule has 0 saturated carbocycles. The number of hydrogen-bond donors (Lipinski definition) is 2. The molecular formula is C11H8Br2F3N3. The maximum atomic E-state index is 12.9. The fourth-order valence-electron chi connectivity index (χ4n) is 1.85. The lowest BCUT2D eigenvalue weighted by atomic mass is 10.1. The second kappa shape index (κ2) is 4.92. The number of fused-ring (bicyclic) bond motifs is 1. The van der Waals surface area contributed by atoms with Crippen LogP contribution in [0.25, 0.3) is 10.9 Å². The largest absolute Gasteiger partial charge is 0.433 e. The number of pyridine rings is 1. The average molecular weight is 399 g/mol. The zero-order valence-corrected chi connectivity index (χ0v) is 12.7. The molecule has 0 fully saturated rings. The smallest absolute Gasteiger partial charge is 0.323 e. The predicted molar refractivity (Wildman–Crippen MR) is 74.7 cm³/mol. The molecule has 3 nitrogen and oxygen atoms in total. The van der Waals surface area contributed by atoms with Crippen LogP contribution in [0.2, 0.25) is 0 Å². The fourth-order valence-corrected chi connectivity index (χ4v) is 3.16. The van der Waals surface area contributed by atoms with Gasteiger partial charge in [-0.25, -0.2) is 4.98 Å². The van der Waals surface area contributed by atoms with Gasteiger partial charge >= 0.3 is 6.18 Å². The van der Waals surface area contributed by atoms with Crippen molar-refractivity contribution >= 4 is 48.5 Å². The standard InChI is InChI=1S/C11H8Br2F3N3/c1-4-8(19-17)6-2-5(12)3-7(13)9(6)18-10(4)11(14,15)16/h2-3H,17H2,1H3,(H,18,19). The second-order valence-electron chi connectivity index (χ2n) is 3.89. The molecule has 0 saturated heterocycles. The SMILES string of the molecule is Cc1c(C(F)(F)F)nc2c(Br)cc(Br)cc2c1NN. The van der Waals surface area contributed by atoms with Gasteiger partial charge in [0.15, 0.2) is 0 Å². The molecule has 0 aliphatic carbocycles. The molecule has 0 spiro atoms. The zero-order chi connectivity index (χ0) is 14.4. The molecular weight excluding hydrogens is 391 g/mol. The van der Waals surface area contributed by atoms with Crippen LogP contribution in [-0.2, 0) is 6.18 Å². The van der Waals surface area contributed by atoms with E-state index >= 15 is 0 Å². The van der Waals surface area contributed by atoms with Crippen molar-refractivity contribution in [1.29, 1.82) is 0 Å². The Hall–Kier alpha value is -0.860. The van der Waals surface area contributed by atoms with Crippen LogP contribution in [0.3, 0.4) is 0 Å². The number of aromatic nitrogens is 1. The van der Waals surface area contributed by atoms with E-state index in [1.54, 1.807) is 12.1 Å². The maximum absolute atomic E-state index is 12.9. The van der Waals surface area contributed by atoms with Gasteiger partial charge in [-0.3, -0.25) is 5.84 Å². The van der Waals surface area contributed by atoms with Crippen molar-refractivity contribution in [3.05, 3.63) is 32.3 Å². The Labute approximate surface area is 123 Å². The van der Waals surface area contributed by atoms with Crippen molar-refractivity contribution in [2.75, 3.05) is 5.43 Å². The normalized spacial score (nSPS) is 11.9. The van der Waals surface area contributed by atoms with Gasteiger partial charge in [0.1, 0.15) is 5.69 Å². The van der Waals surface area contributed by atoms with Crippen LogP contribution in [0.15, 0.2) is 21.1 Å². The Morgan fingerprint density at radius 3 is 2.42 bits per heavy atom. The van der Waals surface area contributed by atoms with Gasteiger partial charge in [0.2, 0.25) is 0 Å². The van der Waals surface area contributed by atoms with E-state index in [4.69, 9.17) is 5.84 Å². The fraction of sp³-hybridized carbons (Fsp3) is 0.182. The van der Waals surface area contributed by atoms with Crippen LogP contribution < -0.4 is 11.3 Å². The van der Waals surface area contributed by atoms with E-state index in [0.717, 1.165) is 0 Å². The summed E-state index contributed by atoms with van der Waals surface area (Å²) in [5.74, 6) is 5.35. The van der Waals surface area contributed by atoms with Gasteiger partial charge in [0.25, 0.3) is 0 Å². The van der Waals surface area contributed by atoms with Gasteiger partial charge in [-0.2, -0.15) is 13.2 Å². The number of nitrogens with two attached hydrogens (primary N) is 1. The molecule has 0 aliphatic rings. The Morgan fingerprint density at radius 2 is 1.89 bits per heavy atom. The minimum atomic E-state index is -4.53. The summed E-state index contributed by atoms with van der Waals surface area (Å²) in [7, 11) is 0. The van der Waals surface area contributed by atoms with Crippen LogP contribution in [0, 0.1) is 6.92 Å². The van der Waals surface area contributed by atoms with E-state index in [-0.39, 0.29) is 16.8 Å². The molecule has 3 N–H and O–H groups in total. The van der Waals surface area contributed by atoms with E-state index in [1.807, 2.05) is 0 Å². The lowest BCUT2D eigenvalue weighted by Gasteiger charge is -2.16. The highest BCUT2D eigenvalue weighted by molar-refractivity contribution is 9.11. The zero-order valence-electron chi connectivity index (χ0n) is 9.57. The first-order chi connectivity index (χ1) is 8.75. The number of anilines is 1. The summed E-state index contributed by atoms with van der Waals surface area (Å²) in [6.45, 7) is 1.33. The van der Waals surface area contributed by atoms with Crippen molar-refractivity contribution in [2.45, 2.75) is 13.1 Å². The number of nitrogens with zero attached hydrogens (tertiary/aromatic N) is 1. The molecule has 0 atom stereocenters. The molecule has 19 heavy (non-hydrogen) atoms. The molecule has 0 aliphatic heterocycles. The number of hydrogen-bond acceptors (Lipinski definition) is 3. The summed E-state index contributed by atoms with van der Waals surface area (Å²) in [6.07, 6.45) is -4.53. The lowest BCUT2D eigenvalue weighted by molar-refractivity contribution is -0.141. The molecule has 2 aromatic rings. The summed E-state index contributed by atoms with van der Waals surface area (Å²) in [6, 6.07) is 3.29. The van der Waals surface area contributed by atoms with Crippen LogP contribution in [0.1, 0.15) is 11.3 Å². The van der Waals surface area contributed by atoms with Crippen LogP contribution in [-0.4, -0.2) is 4.98 Å². The molecule has 2 rings (SSSR count). The number of benzene rings is 1. The van der Waals surface area contributed by atoms with E-state index in [2.05, 4.69) is 42.3 Å². The summed E-state index contributed by atoms with van der Waals surface area (Å²) >= 11 is 6.49. The monoisotopic (exact) mass is 397 g/mol. The van der Waals surface area contributed by atoms with E-state index in [0.29, 0.717) is 14.3 Å². The van der Waals surface area contributed by atoms with E-state index in [1.165, 1.54) is 6.92 Å². The third-order valence-electron chi connectivity index (χ3n) is 2.66. The number of nitrogen functional groups attached to an aromatic ring is 1. The van der Waals surface area contributed by atoms with Crippen LogP contribution >= 0.6 is 31.9 Å². The molecule has 102 valence electrons. The Morgan fingerprint density at radius 1 is 1.26 bits per heavy atom. The second-order valence-corrected chi connectivity index (χ2v) is 5.66. The highest BCUT2D eigenvalue weighted by atomic mass is 79.9. The van der Waals surface area contributed by atoms with Gasteiger partial charge in [-0.1, -0.05) is 15.9 Å². The van der Waals surface area contributed by atoms with Crippen molar-refractivity contribution < 1.29 is 13.2 Å². The highest BCUT2D eigenvalue weighted by Crippen LogP contribution is 2.39. The quantitative estimate of drug-likeness (QED) is 0.553. The highest BCUT2D eigenvalue weighted by Gasteiger charge is 2.36. The lowest BCUT2D eigenvalue weighted by Crippen LogP contribution is -2.16. The number of alkyl halides is 3. The first-order valence-corrected chi connectivity index (χ1v) is 6.67. The third-order valence-corrected chi connectivity index (χ3v) is 3.73. The van der Waals surface area contributed by atoms with E-state index in [9.17, 15) is 13.2 Å². The van der Waals surface area contributed by atoms with Gasteiger partial charge in [0.05, 0.1) is 11.2 Å². The van der Waals surface area contributed by atoms with Crippen LogP contribution in [0.5, 0.6) is 0 Å². The van der Waals surface area contributed by atoms with Gasteiger partial charge in [-0.05, 0) is 35.0 Å². The third kappa shape index (κ3) is 2.56. The molecule has 0 amide bonds. The molecule has 8 heteroatoms. The minimum absolute atomic E-state index is 0.0347.